The number of hydrogen-bond acceptors (Lipinski definition) is 5. The fourth-order valence-corrected chi connectivity index (χ4v) is 3.15. The summed E-state index contributed by atoms with van der Waals surface area (Å²) < 4.78 is 16.0. The number of ether oxygens (including phenoxy) is 3. The summed E-state index contributed by atoms with van der Waals surface area (Å²) in [7, 11) is 0. The number of rotatable bonds is 19. The molecular formula is C23H40O5. The molecule has 5 heteroatoms. The first kappa shape index (κ1) is 25.1. The number of hydrogen-bond donors (Lipinski definition) is 2. The Hall–Kier alpha value is -0.980. The van der Waals surface area contributed by atoms with Gasteiger partial charge in [0, 0.05) is 0 Å². The van der Waals surface area contributed by atoms with Crippen molar-refractivity contribution in [3.63, 3.8) is 0 Å². The van der Waals surface area contributed by atoms with Crippen LogP contribution >= 0.6 is 0 Å². The van der Waals surface area contributed by atoms with E-state index in [0.29, 0.717) is 33.0 Å². The van der Waals surface area contributed by atoms with E-state index in [1.807, 2.05) is 18.2 Å². The summed E-state index contributed by atoms with van der Waals surface area (Å²) in [6.45, 7) is 4.74. The topological polar surface area (TPSA) is 68.2 Å². The molecule has 0 aliphatic carbocycles. The fourth-order valence-electron chi connectivity index (χ4n) is 3.15. The third kappa shape index (κ3) is 12.5. The van der Waals surface area contributed by atoms with Crippen molar-refractivity contribution in [1.29, 1.82) is 0 Å². The van der Waals surface area contributed by atoms with Gasteiger partial charge in [0.05, 0.1) is 46.2 Å². The maximum Gasteiger partial charge on any atom is 0.103 e. The highest BCUT2D eigenvalue weighted by Gasteiger charge is 2.12. The number of benzene rings is 1. The molecule has 0 heterocycles. The fraction of sp³-hybridized carbons (Fsp3) is 0.739. The van der Waals surface area contributed by atoms with E-state index in [1.165, 1.54) is 50.5 Å². The maximum atomic E-state index is 10.5. The quantitative estimate of drug-likeness (QED) is 0.345. The number of aliphatic hydroxyl groups excluding tert-OH is 2. The zero-order valence-corrected chi connectivity index (χ0v) is 17.6. The van der Waals surface area contributed by atoms with Crippen molar-refractivity contribution < 1.29 is 24.4 Å². The summed E-state index contributed by atoms with van der Waals surface area (Å²) in [4.78, 5) is 0. The number of aliphatic hydroxyl groups is 2. The highest BCUT2D eigenvalue weighted by Crippen LogP contribution is 2.21. The Morgan fingerprint density at radius 3 is 2.11 bits per heavy atom. The van der Waals surface area contributed by atoms with Crippen molar-refractivity contribution in [2.24, 2.45) is 0 Å². The largest absolute Gasteiger partial charge is 0.394 e. The lowest BCUT2D eigenvalue weighted by atomic mass is 9.97. The van der Waals surface area contributed by atoms with Gasteiger partial charge in [0.2, 0.25) is 0 Å². The highest BCUT2D eigenvalue weighted by molar-refractivity contribution is 5.29. The molecule has 5 nitrogen and oxygen atoms in total. The van der Waals surface area contributed by atoms with Gasteiger partial charge in [-0.15, -0.1) is 0 Å². The van der Waals surface area contributed by atoms with Crippen LogP contribution in [0.25, 0.3) is 0 Å². The molecule has 0 saturated carbocycles. The van der Waals surface area contributed by atoms with E-state index in [-0.39, 0.29) is 13.2 Å². The van der Waals surface area contributed by atoms with E-state index in [1.54, 1.807) is 0 Å². The second kappa shape index (κ2) is 18.1. The summed E-state index contributed by atoms with van der Waals surface area (Å²) in [5.74, 6) is 0. The Bertz CT molecular complexity index is 466. The van der Waals surface area contributed by atoms with Crippen LogP contribution in [0, 0.1) is 0 Å². The lowest BCUT2D eigenvalue weighted by molar-refractivity contribution is -0.0132. The first-order valence-corrected chi connectivity index (χ1v) is 10.9. The lowest BCUT2D eigenvalue weighted by Gasteiger charge is -2.16. The average molecular weight is 397 g/mol. The second-order valence-electron chi connectivity index (χ2n) is 7.11. The summed E-state index contributed by atoms with van der Waals surface area (Å²) in [5.41, 5.74) is 2.20. The first-order chi connectivity index (χ1) is 13.8. The monoisotopic (exact) mass is 396 g/mol. The number of aryl methyl sites for hydroxylation is 1. The van der Waals surface area contributed by atoms with E-state index in [2.05, 4.69) is 13.0 Å². The molecule has 0 aliphatic heterocycles. The van der Waals surface area contributed by atoms with Crippen molar-refractivity contribution in [3.05, 3.63) is 35.4 Å². The van der Waals surface area contributed by atoms with E-state index in [0.717, 1.165) is 12.0 Å². The normalized spacial score (nSPS) is 12.4. The number of unbranched alkanes of at least 4 members (excludes halogenated alkanes) is 6. The van der Waals surface area contributed by atoms with E-state index in [4.69, 9.17) is 19.3 Å². The minimum atomic E-state index is -0.603. The van der Waals surface area contributed by atoms with E-state index >= 15 is 0 Å². The molecule has 0 radical (unpaired) electrons. The first-order valence-electron chi connectivity index (χ1n) is 10.9. The average Bonchev–Trinajstić information content (AvgIpc) is 2.72. The molecule has 1 unspecified atom stereocenters. The summed E-state index contributed by atoms with van der Waals surface area (Å²) in [6, 6.07) is 8.13. The molecule has 1 aromatic rings. The Balaban J connectivity index is 2.18. The van der Waals surface area contributed by atoms with Crippen molar-refractivity contribution in [1.82, 2.24) is 0 Å². The van der Waals surface area contributed by atoms with Gasteiger partial charge in [-0.1, -0.05) is 69.7 Å². The van der Waals surface area contributed by atoms with Crippen LogP contribution in [0.15, 0.2) is 24.3 Å². The van der Waals surface area contributed by atoms with Crippen LogP contribution in [-0.4, -0.2) is 56.5 Å². The molecule has 1 rings (SSSR count). The standard InChI is InChI=1S/C23H40O5/c1-2-3-4-5-6-7-8-11-21-12-9-10-13-22(21)23(25)20-28-19-18-27-17-16-26-15-14-24/h9-10,12-13,23-25H,2-8,11,14-20H2,1H3. The van der Waals surface area contributed by atoms with Gasteiger partial charge in [0.15, 0.2) is 0 Å². The third-order valence-electron chi connectivity index (χ3n) is 4.72. The molecule has 0 aromatic heterocycles. The van der Waals surface area contributed by atoms with Gasteiger partial charge in [0.1, 0.15) is 6.10 Å². The van der Waals surface area contributed by atoms with Crippen molar-refractivity contribution in [2.45, 2.75) is 64.4 Å². The summed E-state index contributed by atoms with van der Waals surface area (Å²) in [6.07, 6.45) is 9.46. The van der Waals surface area contributed by atoms with Gasteiger partial charge >= 0.3 is 0 Å². The van der Waals surface area contributed by atoms with Crippen LogP contribution in [0.3, 0.4) is 0 Å². The minimum Gasteiger partial charge on any atom is -0.394 e. The lowest BCUT2D eigenvalue weighted by Crippen LogP contribution is -2.14. The zero-order chi connectivity index (χ0) is 20.3. The smallest absolute Gasteiger partial charge is 0.103 e. The van der Waals surface area contributed by atoms with Crippen molar-refractivity contribution in [3.8, 4) is 0 Å². The SMILES string of the molecule is CCCCCCCCCc1ccccc1C(O)COCCOCCOCCO. The van der Waals surface area contributed by atoms with Crippen LogP contribution in [0.4, 0.5) is 0 Å². The molecule has 0 spiro atoms. The van der Waals surface area contributed by atoms with Gasteiger partial charge in [-0.2, -0.15) is 0 Å². The van der Waals surface area contributed by atoms with Crippen LogP contribution in [0.5, 0.6) is 0 Å². The van der Waals surface area contributed by atoms with Crippen LogP contribution in [0.2, 0.25) is 0 Å². The van der Waals surface area contributed by atoms with Crippen molar-refractivity contribution >= 4 is 0 Å². The molecule has 0 aliphatic rings. The highest BCUT2D eigenvalue weighted by atomic mass is 16.5. The zero-order valence-electron chi connectivity index (χ0n) is 17.6. The van der Waals surface area contributed by atoms with Gasteiger partial charge in [-0.25, -0.2) is 0 Å². The van der Waals surface area contributed by atoms with E-state index < -0.39 is 6.10 Å². The molecule has 0 amide bonds. The molecule has 1 atom stereocenters. The molecule has 1 aromatic carbocycles. The van der Waals surface area contributed by atoms with Crippen LogP contribution in [0.1, 0.15) is 69.1 Å². The molecule has 0 fully saturated rings. The predicted octanol–water partition coefficient (Wildman–Crippen LogP) is 4.06. The Kier molecular flexibility index (Phi) is 16.2. The molecule has 28 heavy (non-hydrogen) atoms. The van der Waals surface area contributed by atoms with Crippen LogP contribution < -0.4 is 0 Å². The van der Waals surface area contributed by atoms with Gasteiger partial charge < -0.3 is 24.4 Å². The van der Waals surface area contributed by atoms with E-state index in [9.17, 15) is 5.11 Å². The third-order valence-corrected chi connectivity index (χ3v) is 4.72. The summed E-state index contributed by atoms with van der Waals surface area (Å²) in [5, 5.41) is 19.1. The Morgan fingerprint density at radius 2 is 1.39 bits per heavy atom. The molecule has 2 N–H and O–H groups in total. The second-order valence-corrected chi connectivity index (χ2v) is 7.11. The Morgan fingerprint density at radius 1 is 0.786 bits per heavy atom. The maximum absolute atomic E-state index is 10.5. The van der Waals surface area contributed by atoms with Gasteiger partial charge in [0.25, 0.3) is 0 Å². The van der Waals surface area contributed by atoms with Gasteiger partial charge in [-0.05, 0) is 24.0 Å². The van der Waals surface area contributed by atoms with Crippen molar-refractivity contribution in [2.75, 3.05) is 46.2 Å². The van der Waals surface area contributed by atoms with Crippen LogP contribution in [-0.2, 0) is 20.6 Å². The molecule has 162 valence electrons. The Labute approximate surface area is 171 Å². The minimum absolute atomic E-state index is 0.0292. The molecule has 0 saturated heterocycles. The molecule has 0 bridgehead atoms. The predicted molar refractivity (Wildman–Crippen MR) is 113 cm³/mol. The van der Waals surface area contributed by atoms with Gasteiger partial charge in [-0.3, -0.25) is 0 Å². The summed E-state index contributed by atoms with van der Waals surface area (Å²) >= 11 is 0. The molecular weight excluding hydrogens is 356 g/mol.